The maximum absolute atomic E-state index is 8.75. The first-order valence-corrected chi connectivity index (χ1v) is 6.86. The fourth-order valence-electron chi connectivity index (χ4n) is 1.59. The molecular weight excluding hydrogens is 260 g/mol. The Bertz CT molecular complexity index is 582. The van der Waals surface area contributed by atoms with Crippen LogP contribution in [-0.4, -0.2) is 17.3 Å². The number of para-hydroxylation sites is 1. The highest BCUT2D eigenvalue weighted by Crippen LogP contribution is 2.26. The van der Waals surface area contributed by atoms with Crippen LogP contribution in [0.15, 0.2) is 58.6 Å². The minimum absolute atomic E-state index is 0.0244. The van der Waals surface area contributed by atoms with Crippen LogP contribution in [0.2, 0.25) is 0 Å². The molecule has 0 unspecified atom stereocenters. The summed E-state index contributed by atoms with van der Waals surface area (Å²) in [6, 6.07) is 14.9. The number of amidine groups is 1. The molecule has 19 heavy (non-hydrogen) atoms. The first kappa shape index (κ1) is 13.3. The minimum Gasteiger partial charge on any atom is -0.457 e. The van der Waals surface area contributed by atoms with Gasteiger partial charge in [0.2, 0.25) is 0 Å². The second kappa shape index (κ2) is 6.15. The van der Waals surface area contributed by atoms with E-state index in [0.717, 1.165) is 4.90 Å². The Morgan fingerprint density at radius 1 is 1.16 bits per heavy atom. The molecule has 0 aliphatic heterocycles. The van der Waals surface area contributed by atoms with Crippen LogP contribution in [0.3, 0.4) is 0 Å². The van der Waals surface area contributed by atoms with Gasteiger partial charge in [-0.2, -0.15) is 0 Å². The van der Waals surface area contributed by atoms with Gasteiger partial charge in [-0.05, 0) is 42.7 Å². The Labute approximate surface area is 115 Å². The average Bonchev–Trinajstić information content (AvgIpc) is 2.48. The topological polar surface area (TPSA) is 67.8 Å². The molecule has 2 rings (SSSR count). The van der Waals surface area contributed by atoms with Crippen LogP contribution in [0, 0.1) is 0 Å². The molecule has 2 aromatic rings. The molecule has 0 aromatic heterocycles. The number of oxime groups is 1. The zero-order valence-electron chi connectivity index (χ0n) is 10.4. The molecule has 4 nitrogen and oxygen atoms in total. The molecule has 0 bridgehead atoms. The molecule has 0 amide bonds. The Morgan fingerprint density at radius 3 is 2.47 bits per heavy atom. The summed E-state index contributed by atoms with van der Waals surface area (Å²) in [4.78, 5) is 1.16. The summed E-state index contributed by atoms with van der Waals surface area (Å²) in [5, 5.41) is 11.8. The van der Waals surface area contributed by atoms with Crippen molar-refractivity contribution in [2.75, 3.05) is 6.26 Å². The lowest BCUT2D eigenvalue weighted by Crippen LogP contribution is -2.14. The van der Waals surface area contributed by atoms with Crippen molar-refractivity contribution in [3.63, 3.8) is 0 Å². The molecule has 0 spiro atoms. The third-order valence-electron chi connectivity index (χ3n) is 2.56. The van der Waals surface area contributed by atoms with E-state index in [1.807, 2.05) is 36.6 Å². The molecule has 3 N–H and O–H groups in total. The van der Waals surface area contributed by atoms with E-state index in [9.17, 15) is 0 Å². The molecule has 0 fully saturated rings. The van der Waals surface area contributed by atoms with Gasteiger partial charge in [-0.3, -0.25) is 0 Å². The SMILES string of the molecule is CSc1ccc(Oc2ccccc2C(N)=NO)cc1. The molecule has 98 valence electrons. The third-order valence-corrected chi connectivity index (χ3v) is 3.30. The monoisotopic (exact) mass is 274 g/mol. The largest absolute Gasteiger partial charge is 0.457 e. The van der Waals surface area contributed by atoms with Gasteiger partial charge in [0, 0.05) is 4.90 Å². The van der Waals surface area contributed by atoms with E-state index in [0.29, 0.717) is 17.1 Å². The van der Waals surface area contributed by atoms with E-state index in [1.165, 1.54) is 0 Å². The van der Waals surface area contributed by atoms with Crippen LogP contribution in [0.1, 0.15) is 5.56 Å². The second-order valence-corrected chi connectivity index (χ2v) is 4.64. The number of hydrogen-bond donors (Lipinski definition) is 2. The van der Waals surface area contributed by atoms with Crippen molar-refractivity contribution in [3.8, 4) is 11.5 Å². The number of nitrogens with zero attached hydrogens (tertiary/aromatic N) is 1. The Balaban J connectivity index is 2.27. The Kier molecular flexibility index (Phi) is 4.30. The predicted octanol–water partition coefficient (Wildman–Crippen LogP) is 3.30. The predicted molar refractivity (Wildman–Crippen MR) is 77.2 cm³/mol. The summed E-state index contributed by atoms with van der Waals surface area (Å²) in [6.45, 7) is 0. The zero-order valence-corrected chi connectivity index (χ0v) is 11.2. The summed E-state index contributed by atoms with van der Waals surface area (Å²) in [6.07, 6.45) is 2.02. The first-order chi connectivity index (χ1) is 9.24. The van der Waals surface area contributed by atoms with Gasteiger partial charge in [0.05, 0.1) is 5.56 Å². The first-order valence-electron chi connectivity index (χ1n) is 5.63. The van der Waals surface area contributed by atoms with Crippen LogP contribution in [0.4, 0.5) is 0 Å². The van der Waals surface area contributed by atoms with Crippen LogP contribution in [0.25, 0.3) is 0 Å². The number of thioether (sulfide) groups is 1. The highest BCUT2D eigenvalue weighted by molar-refractivity contribution is 7.98. The lowest BCUT2D eigenvalue weighted by molar-refractivity contribution is 0.318. The van der Waals surface area contributed by atoms with Crippen LogP contribution in [-0.2, 0) is 0 Å². The van der Waals surface area contributed by atoms with Gasteiger partial charge in [-0.1, -0.05) is 17.3 Å². The Hall–Kier alpha value is -2.14. The number of ether oxygens (including phenoxy) is 1. The lowest BCUT2D eigenvalue weighted by Gasteiger charge is -2.10. The molecule has 5 heteroatoms. The summed E-state index contributed by atoms with van der Waals surface area (Å²) in [5.41, 5.74) is 6.17. The quantitative estimate of drug-likeness (QED) is 0.295. The molecule has 0 aliphatic carbocycles. The van der Waals surface area contributed by atoms with Crippen molar-refractivity contribution in [3.05, 3.63) is 54.1 Å². The fourth-order valence-corrected chi connectivity index (χ4v) is 2.00. The van der Waals surface area contributed by atoms with E-state index in [2.05, 4.69) is 5.16 Å². The molecule has 0 heterocycles. The molecule has 0 atom stereocenters. The van der Waals surface area contributed by atoms with Crippen LogP contribution >= 0.6 is 11.8 Å². The fraction of sp³-hybridized carbons (Fsp3) is 0.0714. The third kappa shape index (κ3) is 3.20. The van der Waals surface area contributed by atoms with E-state index in [4.69, 9.17) is 15.7 Å². The minimum atomic E-state index is 0.0244. The highest BCUT2D eigenvalue weighted by atomic mass is 32.2. The van der Waals surface area contributed by atoms with Gasteiger partial charge in [-0.15, -0.1) is 11.8 Å². The zero-order chi connectivity index (χ0) is 13.7. The summed E-state index contributed by atoms with van der Waals surface area (Å²) in [7, 11) is 0. The highest BCUT2D eigenvalue weighted by Gasteiger charge is 2.08. The second-order valence-electron chi connectivity index (χ2n) is 3.76. The van der Waals surface area contributed by atoms with Crippen molar-refractivity contribution in [1.82, 2.24) is 0 Å². The van der Waals surface area contributed by atoms with Crippen LogP contribution in [0.5, 0.6) is 11.5 Å². The molecule has 0 aliphatic rings. The maximum Gasteiger partial charge on any atom is 0.173 e. The van der Waals surface area contributed by atoms with E-state index < -0.39 is 0 Å². The summed E-state index contributed by atoms with van der Waals surface area (Å²) >= 11 is 1.67. The molecule has 2 aromatic carbocycles. The standard InChI is InChI=1S/C14H14N2O2S/c1-19-11-8-6-10(7-9-11)18-13-5-3-2-4-12(13)14(15)16-17/h2-9,17H,1H3,(H2,15,16). The molecule has 0 radical (unpaired) electrons. The van der Waals surface area contributed by atoms with Crippen molar-refractivity contribution in [2.45, 2.75) is 4.90 Å². The smallest absolute Gasteiger partial charge is 0.173 e. The van der Waals surface area contributed by atoms with Gasteiger partial charge in [0.25, 0.3) is 0 Å². The van der Waals surface area contributed by atoms with Gasteiger partial charge in [0.15, 0.2) is 5.84 Å². The maximum atomic E-state index is 8.75. The Morgan fingerprint density at radius 2 is 1.84 bits per heavy atom. The van der Waals surface area contributed by atoms with Crippen molar-refractivity contribution in [2.24, 2.45) is 10.9 Å². The molecular formula is C14H14N2O2S. The van der Waals surface area contributed by atoms with Gasteiger partial charge >= 0.3 is 0 Å². The number of nitrogens with two attached hydrogens (primary N) is 1. The average molecular weight is 274 g/mol. The van der Waals surface area contributed by atoms with E-state index in [-0.39, 0.29) is 5.84 Å². The van der Waals surface area contributed by atoms with Gasteiger partial charge in [-0.25, -0.2) is 0 Å². The van der Waals surface area contributed by atoms with Crippen molar-refractivity contribution < 1.29 is 9.94 Å². The summed E-state index contributed by atoms with van der Waals surface area (Å²) in [5.74, 6) is 1.28. The molecule has 0 saturated carbocycles. The van der Waals surface area contributed by atoms with Crippen molar-refractivity contribution in [1.29, 1.82) is 0 Å². The number of hydrogen-bond acceptors (Lipinski definition) is 4. The lowest BCUT2D eigenvalue weighted by atomic mass is 10.2. The van der Waals surface area contributed by atoms with E-state index in [1.54, 1.807) is 30.0 Å². The number of rotatable bonds is 4. The van der Waals surface area contributed by atoms with Gasteiger partial charge in [0.1, 0.15) is 11.5 Å². The van der Waals surface area contributed by atoms with Crippen LogP contribution < -0.4 is 10.5 Å². The van der Waals surface area contributed by atoms with Gasteiger partial charge < -0.3 is 15.7 Å². The van der Waals surface area contributed by atoms with Crippen molar-refractivity contribution >= 4 is 17.6 Å². The molecule has 0 saturated heterocycles. The van der Waals surface area contributed by atoms with E-state index >= 15 is 0 Å². The normalized spacial score (nSPS) is 11.3. The summed E-state index contributed by atoms with van der Waals surface area (Å²) < 4.78 is 5.75. The number of benzene rings is 2.